The summed E-state index contributed by atoms with van der Waals surface area (Å²) in [6, 6.07) is 7.45. The number of rotatable bonds is 7. The van der Waals surface area contributed by atoms with Gasteiger partial charge in [-0.15, -0.1) is 0 Å². The lowest BCUT2D eigenvalue weighted by atomic mass is 10.2. The number of anilines is 1. The molecule has 0 aliphatic rings. The van der Waals surface area contributed by atoms with Gasteiger partial charge in [-0.25, -0.2) is 0 Å². The zero-order chi connectivity index (χ0) is 16.8. The zero-order valence-corrected chi connectivity index (χ0v) is 14.2. The topological polar surface area (TPSA) is 59.4 Å². The number of hydrogen-bond donors (Lipinski definition) is 1. The molecular weight excluding hydrogens is 292 g/mol. The molecule has 124 valence electrons. The van der Waals surface area contributed by atoms with Crippen molar-refractivity contribution in [1.29, 1.82) is 0 Å². The van der Waals surface area contributed by atoms with E-state index in [0.29, 0.717) is 31.1 Å². The van der Waals surface area contributed by atoms with E-state index in [9.17, 15) is 4.79 Å². The third-order valence-corrected chi connectivity index (χ3v) is 3.65. The Labute approximate surface area is 137 Å². The highest BCUT2D eigenvalue weighted by Crippen LogP contribution is 2.23. The first-order valence-electron chi connectivity index (χ1n) is 7.69. The van der Waals surface area contributed by atoms with Crippen LogP contribution in [0.15, 0.2) is 30.5 Å². The molecule has 0 saturated heterocycles. The van der Waals surface area contributed by atoms with Crippen LogP contribution in [0.5, 0.6) is 5.75 Å². The molecule has 0 bridgehead atoms. The number of ether oxygens (including phenoxy) is 1. The van der Waals surface area contributed by atoms with E-state index in [4.69, 9.17) is 4.74 Å². The van der Waals surface area contributed by atoms with E-state index in [1.165, 1.54) is 0 Å². The minimum atomic E-state index is -0.0683. The highest BCUT2D eigenvalue weighted by atomic mass is 16.5. The monoisotopic (exact) mass is 316 g/mol. The number of para-hydroxylation sites is 2. The molecule has 0 radical (unpaired) electrons. The van der Waals surface area contributed by atoms with Crippen molar-refractivity contribution in [2.45, 2.75) is 20.4 Å². The molecule has 1 aromatic heterocycles. The van der Waals surface area contributed by atoms with Gasteiger partial charge in [-0.05, 0) is 33.0 Å². The van der Waals surface area contributed by atoms with Crippen molar-refractivity contribution in [2.24, 2.45) is 7.05 Å². The van der Waals surface area contributed by atoms with Crippen LogP contribution in [0.3, 0.4) is 0 Å². The van der Waals surface area contributed by atoms with Crippen molar-refractivity contribution in [3.05, 3.63) is 41.7 Å². The van der Waals surface area contributed by atoms with Gasteiger partial charge in [0, 0.05) is 24.8 Å². The lowest BCUT2D eigenvalue weighted by Gasteiger charge is -2.17. The third-order valence-electron chi connectivity index (χ3n) is 3.65. The Bertz CT molecular complexity index is 666. The Hall–Kier alpha value is -2.34. The summed E-state index contributed by atoms with van der Waals surface area (Å²) in [5.74, 6) is 0.621. The van der Waals surface area contributed by atoms with Crippen LogP contribution < -0.4 is 10.1 Å². The van der Waals surface area contributed by atoms with Gasteiger partial charge in [0.25, 0.3) is 0 Å². The molecular formula is C17H24N4O2. The van der Waals surface area contributed by atoms with E-state index in [2.05, 4.69) is 10.4 Å². The lowest BCUT2D eigenvalue weighted by molar-refractivity contribution is -0.117. The highest BCUT2D eigenvalue weighted by molar-refractivity contribution is 5.93. The van der Waals surface area contributed by atoms with Crippen LogP contribution in [0.25, 0.3) is 0 Å². The molecule has 0 spiro atoms. The summed E-state index contributed by atoms with van der Waals surface area (Å²) in [5, 5.41) is 7.13. The summed E-state index contributed by atoms with van der Waals surface area (Å²) in [4.78, 5) is 14.2. The van der Waals surface area contributed by atoms with E-state index < -0.39 is 0 Å². The molecule has 1 N–H and O–H groups in total. The Morgan fingerprint density at radius 3 is 2.78 bits per heavy atom. The van der Waals surface area contributed by atoms with E-state index in [1.807, 2.05) is 68.0 Å². The molecule has 6 heteroatoms. The predicted molar refractivity (Wildman–Crippen MR) is 90.5 cm³/mol. The van der Waals surface area contributed by atoms with Crippen molar-refractivity contribution < 1.29 is 9.53 Å². The Kier molecular flexibility index (Phi) is 5.76. The maximum atomic E-state index is 12.2. The number of aromatic nitrogens is 2. The van der Waals surface area contributed by atoms with Crippen LogP contribution in [0.1, 0.15) is 18.2 Å². The maximum Gasteiger partial charge on any atom is 0.238 e. The number of nitrogens with zero attached hydrogens (tertiary/aromatic N) is 3. The van der Waals surface area contributed by atoms with Crippen LogP contribution in [0.2, 0.25) is 0 Å². The Balaban J connectivity index is 1.93. The molecule has 2 rings (SSSR count). The van der Waals surface area contributed by atoms with E-state index in [0.717, 1.165) is 11.3 Å². The second-order valence-corrected chi connectivity index (χ2v) is 5.53. The molecule has 1 heterocycles. The van der Waals surface area contributed by atoms with Gasteiger partial charge in [0.2, 0.25) is 5.91 Å². The molecule has 0 aliphatic heterocycles. The van der Waals surface area contributed by atoms with Gasteiger partial charge in [0.1, 0.15) is 5.75 Å². The quantitative estimate of drug-likeness (QED) is 0.851. The van der Waals surface area contributed by atoms with E-state index in [1.54, 1.807) is 0 Å². The number of benzene rings is 1. The maximum absolute atomic E-state index is 12.2. The molecule has 0 aliphatic carbocycles. The molecule has 23 heavy (non-hydrogen) atoms. The van der Waals surface area contributed by atoms with Gasteiger partial charge in [0.15, 0.2) is 0 Å². The summed E-state index contributed by atoms with van der Waals surface area (Å²) in [6.07, 6.45) is 1.84. The SMILES string of the molecule is CCOc1ccccc1NC(=O)CN(C)Cc1cnn(C)c1C. The van der Waals surface area contributed by atoms with Gasteiger partial charge < -0.3 is 10.1 Å². The number of hydrogen-bond acceptors (Lipinski definition) is 4. The summed E-state index contributed by atoms with van der Waals surface area (Å²) in [5.41, 5.74) is 2.93. The van der Waals surface area contributed by atoms with Gasteiger partial charge in [-0.3, -0.25) is 14.4 Å². The first kappa shape index (κ1) is 17.0. The van der Waals surface area contributed by atoms with Gasteiger partial charge in [-0.2, -0.15) is 5.10 Å². The first-order valence-corrected chi connectivity index (χ1v) is 7.69. The highest BCUT2D eigenvalue weighted by Gasteiger charge is 2.12. The number of nitrogens with one attached hydrogen (secondary N) is 1. The first-order chi connectivity index (χ1) is 11.0. The van der Waals surface area contributed by atoms with E-state index >= 15 is 0 Å². The molecule has 0 saturated carbocycles. The molecule has 2 aromatic rings. The Morgan fingerprint density at radius 1 is 1.39 bits per heavy atom. The lowest BCUT2D eigenvalue weighted by Crippen LogP contribution is -2.30. The fraction of sp³-hybridized carbons (Fsp3) is 0.412. The van der Waals surface area contributed by atoms with Crippen LogP contribution in [-0.4, -0.2) is 40.8 Å². The van der Waals surface area contributed by atoms with Gasteiger partial charge in [-0.1, -0.05) is 12.1 Å². The summed E-state index contributed by atoms with van der Waals surface area (Å²) >= 11 is 0. The van der Waals surface area contributed by atoms with Crippen molar-refractivity contribution in [3.63, 3.8) is 0 Å². The number of carbonyl (C=O) groups is 1. The fourth-order valence-electron chi connectivity index (χ4n) is 2.33. The average molecular weight is 316 g/mol. The number of carbonyl (C=O) groups excluding carboxylic acids is 1. The Morgan fingerprint density at radius 2 is 2.13 bits per heavy atom. The number of amides is 1. The second kappa shape index (κ2) is 7.78. The minimum Gasteiger partial charge on any atom is -0.492 e. The average Bonchev–Trinajstić information content (AvgIpc) is 2.81. The van der Waals surface area contributed by atoms with Crippen LogP contribution >= 0.6 is 0 Å². The van der Waals surface area contributed by atoms with Crippen molar-refractivity contribution in [3.8, 4) is 5.75 Å². The molecule has 1 amide bonds. The van der Waals surface area contributed by atoms with Crippen molar-refractivity contribution >= 4 is 11.6 Å². The van der Waals surface area contributed by atoms with Crippen molar-refractivity contribution in [2.75, 3.05) is 25.5 Å². The number of likely N-dealkylation sites (N-methyl/N-ethyl adjacent to an activating group) is 1. The third kappa shape index (κ3) is 4.56. The van der Waals surface area contributed by atoms with E-state index in [-0.39, 0.29) is 5.91 Å². The minimum absolute atomic E-state index is 0.0683. The fourth-order valence-corrected chi connectivity index (χ4v) is 2.33. The summed E-state index contributed by atoms with van der Waals surface area (Å²) < 4.78 is 7.35. The molecule has 6 nitrogen and oxygen atoms in total. The van der Waals surface area contributed by atoms with Crippen LogP contribution in [0.4, 0.5) is 5.69 Å². The standard InChI is InChI=1S/C17H24N4O2/c1-5-23-16-9-7-6-8-15(16)19-17(22)12-20(3)11-14-10-18-21(4)13(14)2/h6-10H,5,11-12H2,1-4H3,(H,19,22). The van der Waals surface area contributed by atoms with Gasteiger partial charge in [0.05, 0.1) is 25.0 Å². The number of aryl methyl sites for hydroxylation is 1. The van der Waals surface area contributed by atoms with Gasteiger partial charge >= 0.3 is 0 Å². The molecule has 0 fully saturated rings. The zero-order valence-electron chi connectivity index (χ0n) is 14.2. The normalized spacial score (nSPS) is 10.8. The summed E-state index contributed by atoms with van der Waals surface area (Å²) in [6.45, 7) is 5.49. The molecule has 0 unspecified atom stereocenters. The smallest absolute Gasteiger partial charge is 0.238 e. The largest absolute Gasteiger partial charge is 0.492 e. The molecule has 0 atom stereocenters. The predicted octanol–water partition coefficient (Wildman–Crippen LogP) is 2.20. The molecule has 1 aromatic carbocycles. The van der Waals surface area contributed by atoms with Crippen molar-refractivity contribution in [1.82, 2.24) is 14.7 Å². The van der Waals surface area contributed by atoms with Crippen LogP contribution in [-0.2, 0) is 18.4 Å². The second-order valence-electron chi connectivity index (χ2n) is 5.53. The summed E-state index contributed by atoms with van der Waals surface area (Å²) in [7, 11) is 3.83. The van der Waals surface area contributed by atoms with Crippen LogP contribution in [0, 0.1) is 6.92 Å².